The van der Waals surface area contributed by atoms with Gasteiger partial charge in [0, 0.05) is 38.8 Å². The fourth-order valence-electron chi connectivity index (χ4n) is 2.97. The molecular formula is C14H23N5. The van der Waals surface area contributed by atoms with Crippen molar-refractivity contribution in [3.05, 3.63) is 12.1 Å². The first-order valence-corrected chi connectivity index (χ1v) is 7.40. The van der Waals surface area contributed by atoms with E-state index in [1.54, 1.807) is 0 Å². The highest BCUT2D eigenvalue weighted by Gasteiger charge is 2.20. The van der Waals surface area contributed by atoms with Crippen molar-refractivity contribution in [2.75, 3.05) is 42.5 Å². The van der Waals surface area contributed by atoms with E-state index in [1.165, 1.54) is 19.3 Å². The fraction of sp³-hybridized carbons (Fsp3) is 0.714. The zero-order valence-electron chi connectivity index (χ0n) is 11.7. The SMILES string of the molecule is CC1CCCCN1c1ccc(N2CCNCC2)nn1. The molecule has 0 amide bonds. The summed E-state index contributed by atoms with van der Waals surface area (Å²) in [5.41, 5.74) is 0. The molecule has 5 nitrogen and oxygen atoms in total. The van der Waals surface area contributed by atoms with Gasteiger partial charge in [0.1, 0.15) is 0 Å². The highest BCUT2D eigenvalue weighted by Crippen LogP contribution is 2.23. The molecule has 0 saturated carbocycles. The van der Waals surface area contributed by atoms with Gasteiger partial charge in [0.2, 0.25) is 0 Å². The largest absolute Gasteiger partial charge is 0.353 e. The third-order valence-electron chi connectivity index (χ3n) is 4.17. The van der Waals surface area contributed by atoms with Crippen molar-refractivity contribution < 1.29 is 0 Å². The van der Waals surface area contributed by atoms with Crippen LogP contribution in [0.4, 0.5) is 11.6 Å². The van der Waals surface area contributed by atoms with E-state index < -0.39 is 0 Å². The summed E-state index contributed by atoms with van der Waals surface area (Å²) >= 11 is 0. The molecule has 0 aliphatic carbocycles. The minimum atomic E-state index is 0.591. The quantitative estimate of drug-likeness (QED) is 0.868. The Bertz CT molecular complexity index is 399. The van der Waals surface area contributed by atoms with Crippen LogP contribution in [0.15, 0.2) is 12.1 Å². The number of nitrogens with one attached hydrogen (secondary N) is 1. The number of anilines is 2. The average molecular weight is 261 g/mol. The lowest BCUT2D eigenvalue weighted by Gasteiger charge is -2.34. The van der Waals surface area contributed by atoms with Gasteiger partial charge in [-0.1, -0.05) is 0 Å². The van der Waals surface area contributed by atoms with Gasteiger partial charge in [0.25, 0.3) is 0 Å². The summed E-state index contributed by atoms with van der Waals surface area (Å²) < 4.78 is 0. The molecule has 2 saturated heterocycles. The molecule has 1 aromatic heterocycles. The molecule has 19 heavy (non-hydrogen) atoms. The lowest BCUT2D eigenvalue weighted by atomic mass is 10.0. The van der Waals surface area contributed by atoms with Crippen LogP contribution in [-0.4, -0.2) is 49.0 Å². The molecule has 2 fully saturated rings. The summed E-state index contributed by atoms with van der Waals surface area (Å²) in [6.45, 7) is 7.51. The predicted octanol–water partition coefficient (Wildman–Crippen LogP) is 1.26. The number of hydrogen-bond donors (Lipinski definition) is 1. The summed E-state index contributed by atoms with van der Waals surface area (Å²) in [5.74, 6) is 2.04. The normalized spacial score (nSPS) is 24.6. The molecule has 0 aromatic carbocycles. The second-order valence-corrected chi connectivity index (χ2v) is 5.52. The van der Waals surface area contributed by atoms with E-state index >= 15 is 0 Å². The standard InChI is InChI=1S/C14H23N5/c1-12-4-2-3-9-19(12)14-6-5-13(16-17-14)18-10-7-15-8-11-18/h5-6,12,15H,2-4,7-11H2,1H3. The van der Waals surface area contributed by atoms with Gasteiger partial charge in [0.05, 0.1) is 0 Å². The lowest BCUT2D eigenvalue weighted by molar-refractivity contribution is 0.479. The Labute approximate surface area is 115 Å². The van der Waals surface area contributed by atoms with Crippen LogP contribution in [0.5, 0.6) is 0 Å². The molecule has 0 bridgehead atoms. The number of piperidine rings is 1. The molecule has 2 aliphatic rings. The lowest BCUT2D eigenvalue weighted by Crippen LogP contribution is -2.44. The van der Waals surface area contributed by atoms with Crippen molar-refractivity contribution in [2.45, 2.75) is 32.2 Å². The first-order chi connectivity index (χ1) is 9.34. The van der Waals surface area contributed by atoms with Crippen LogP contribution >= 0.6 is 0 Å². The zero-order valence-corrected chi connectivity index (χ0v) is 11.7. The van der Waals surface area contributed by atoms with Crippen LogP contribution in [0.1, 0.15) is 26.2 Å². The maximum atomic E-state index is 4.44. The maximum absolute atomic E-state index is 4.44. The second kappa shape index (κ2) is 5.74. The topological polar surface area (TPSA) is 44.3 Å². The van der Waals surface area contributed by atoms with Gasteiger partial charge >= 0.3 is 0 Å². The van der Waals surface area contributed by atoms with Crippen molar-refractivity contribution >= 4 is 11.6 Å². The highest BCUT2D eigenvalue weighted by molar-refractivity contribution is 5.46. The third kappa shape index (κ3) is 2.81. The van der Waals surface area contributed by atoms with Gasteiger partial charge in [-0.05, 0) is 38.3 Å². The van der Waals surface area contributed by atoms with Gasteiger partial charge in [-0.15, -0.1) is 10.2 Å². The Hall–Kier alpha value is -1.36. The molecule has 2 aliphatic heterocycles. The summed E-state index contributed by atoms with van der Waals surface area (Å²) in [5, 5.41) is 12.2. The van der Waals surface area contributed by atoms with E-state index in [-0.39, 0.29) is 0 Å². The van der Waals surface area contributed by atoms with Gasteiger partial charge in [-0.3, -0.25) is 0 Å². The Kier molecular flexibility index (Phi) is 3.82. The summed E-state index contributed by atoms with van der Waals surface area (Å²) in [6, 6.07) is 4.84. The molecule has 1 aromatic rings. The summed E-state index contributed by atoms with van der Waals surface area (Å²) in [4.78, 5) is 4.69. The molecule has 1 atom stereocenters. The molecule has 0 radical (unpaired) electrons. The highest BCUT2D eigenvalue weighted by atomic mass is 15.3. The molecule has 1 unspecified atom stereocenters. The van der Waals surface area contributed by atoms with Crippen molar-refractivity contribution in [1.29, 1.82) is 0 Å². The average Bonchev–Trinajstić information content (AvgIpc) is 2.49. The van der Waals surface area contributed by atoms with Crippen LogP contribution in [-0.2, 0) is 0 Å². The van der Waals surface area contributed by atoms with Crippen molar-refractivity contribution in [1.82, 2.24) is 15.5 Å². The maximum Gasteiger partial charge on any atom is 0.151 e. The smallest absolute Gasteiger partial charge is 0.151 e. The first kappa shape index (κ1) is 12.7. The molecule has 104 valence electrons. The van der Waals surface area contributed by atoms with Crippen LogP contribution in [0.2, 0.25) is 0 Å². The first-order valence-electron chi connectivity index (χ1n) is 7.40. The molecule has 5 heteroatoms. The van der Waals surface area contributed by atoms with Crippen LogP contribution in [0.25, 0.3) is 0 Å². The Morgan fingerprint density at radius 1 is 1.05 bits per heavy atom. The number of aromatic nitrogens is 2. The number of hydrogen-bond acceptors (Lipinski definition) is 5. The molecule has 3 rings (SSSR count). The third-order valence-corrected chi connectivity index (χ3v) is 4.17. The van der Waals surface area contributed by atoms with E-state index in [0.29, 0.717) is 6.04 Å². The van der Waals surface area contributed by atoms with E-state index in [2.05, 4.69) is 44.4 Å². The Balaban J connectivity index is 1.70. The number of piperazine rings is 1. The molecule has 1 N–H and O–H groups in total. The Morgan fingerprint density at radius 3 is 2.47 bits per heavy atom. The minimum absolute atomic E-state index is 0.591. The monoisotopic (exact) mass is 261 g/mol. The van der Waals surface area contributed by atoms with E-state index in [4.69, 9.17) is 0 Å². The van der Waals surface area contributed by atoms with E-state index in [9.17, 15) is 0 Å². The van der Waals surface area contributed by atoms with Gasteiger partial charge < -0.3 is 15.1 Å². The number of nitrogens with zero attached hydrogens (tertiary/aromatic N) is 4. The van der Waals surface area contributed by atoms with E-state index in [1.807, 2.05) is 0 Å². The van der Waals surface area contributed by atoms with Crippen LogP contribution in [0.3, 0.4) is 0 Å². The predicted molar refractivity (Wildman–Crippen MR) is 77.8 cm³/mol. The van der Waals surface area contributed by atoms with Crippen molar-refractivity contribution in [3.63, 3.8) is 0 Å². The molecule has 0 spiro atoms. The van der Waals surface area contributed by atoms with Gasteiger partial charge in [-0.2, -0.15) is 0 Å². The summed E-state index contributed by atoms with van der Waals surface area (Å²) in [6.07, 6.45) is 3.87. The van der Waals surface area contributed by atoms with Crippen molar-refractivity contribution in [2.24, 2.45) is 0 Å². The molecular weight excluding hydrogens is 238 g/mol. The minimum Gasteiger partial charge on any atom is -0.353 e. The Morgan fingerprint density at radius 2 is 1.79 bits per heavy atom. The van der Waals surface area contributed by atoms with Crippen LogP contribution < -0.4 is 15.1 Å². The van der Waals surface area contributed by atoms with E-state index in [0.717, 1.165) is 44.4 Å². The summed E-state index contributed by atoms with van der Waals surface area (Å²) in [7, 11) is 0. The van der Waals surface area contributed by atoms with Crippen molar-refractivity contribution in [3.8, 4) is 0 Å². The second-order valence-electron chi connectivity index (χ2n) is 5.52. The molecule has 3 heterocycles. The van der Waals surface area contributed by atoms with Crippen LogP contribution in [0, 0.1) is 0 Å². The zero-order chi connectivity index (χ0) is 13.1. The van der Waals surface area contributed by atoms with Gasteiger partial charge in [0.15, 0.2) is 11.6 Å². The number of rotatable bonds is 2. The van der Waals surface area contributed by atoms with Gasteiger partial charge in [-0.25, -0.2) is 0 Å². The fourth-order valence-corrected chi connectivity index (χ4v) is 2.97.